The highest BCUT2D eigenvalue weighted by Crippen LogP contribution is 2.29. The van der Waals surface area contributed by atoms with Gasteiger partial charge in [0.1, 0.15) is 11.6 Å². The molecule has 1 aliphatic carbocycles. The maximum absolute atomic E-state index is 13.2. The molecule has 5 heteroatoms. The molecular formula is C14H16BrFO3. The van der Waals surface area contributed by atoms with Gasteiger partial charge in [-0.15, -0.1) is 0 Å². The van der Waals surface area contributed by atoms with Gasteiger partial charge in [-0.25, -0.2) is 4.39 Å². The van der Waals surface area contributed by atoms with Gasteiger partial charge in [0.25, 0.3) is 0 Å². The fourth-order valence-electron chi connectivity index (χ4n) is 2.37. The zero-order valence-electron chi connectivity index (χ0n) is 10.7. The Hall–Kier alpha value is -1.10. The molecule has 1 saturated carbocycles. The highest BCUT2D eigenvalue weighted by Gasteiger charge is 2.27. The van der Waals surface area contributed by atoms with Crippen LogP contribution in [0.3, 0.4) is 0 Å². The van der Waals surface area contributed by atoms with Crippen molar-refractivity contribution in [1.29, 1.82) is 0 Å². The number of rotatable bonds is 3. The lowest BCUT2D eigenvalue weighted by Gasteiger charge is -2.27. The van der Waals surface area contributed by atoms with Gasteiger partial charge >= 0.3 is 5.97 Å². The second-order valence-electron chi connectivity index (χ2n) is 4.72. The van der Waals surface area contributed by atoms with Crippen LogP contribution < -0.4 is 4.74 Å². The first kappa shape index (κ1) is 14.3. The predicted molar refractivity (Wildman–Crippen MR) is 72.5 cm³/mol. The Kier molecular flexibility index (Phi) is 4.80. The number of esters is 1. The maximum atomic E-state index is 13.2. The fraction of sp³-hybridized carbons (Fsp3) is 0.500. The maximum Gasteiger partial charge on any atom is 0.308 e. The molecule has 1 fully saturated rings. The summed E-state index contributed by atoms with van der Waals surface area (Å²) in [6, 6.07) is 4.51. The van der Waals surface area contributed by atoms with E-state index in [0.717, 1.165) is 25.7 Å². The zero-order valence-corrected chi connectivity index (χ0v) is 12.3. The minimum Gasteiger partial charge on any atom is -0.490 e. The number of methoxy groups -OCH3 is 1. The molecule has 19 heavy (non-hydrogen) atoms. The number of hydrogen-bond acceptors (Lipinski definition) is 3. The van der Waals surface area contributed by atoms with E-state index in [2.05, 4.69) is 15.9 Å². The first-order valence-corrected chi connectivity index (χ1v) is 7.08. The molecule has 0 saturated heterocycles. The van der Waals surface area contributed by atoms with E-state index >= 15 is 0 Å². The molecule has 1 aliphatic rings. The largest absolute Gasteiger partial charge is 0.490 e. The standard InChI is InChI=1S/C14H16BrFO3/c1-18-14(17)9-2-4-12(5-3-9)19-13-7-10(15)6-11(16)8-13/h6-9,12H,2-5H2,1H3. The molecule has 0 bridgehead atoms. The van der Waals surface area contributed by atoms with Crippen molar-refractivity contribution in [2.75, 3.05) is 7.11 Å². The monoisotopic (exact) mass is 330 g/mol. The van der Waals surface area contributed by atoms with Gasteiger partial charge in [0, 0.05) is 10.5 Å². The lowest BCUT2D eigenvalue weighted by molar-refractivity contribution is -0.147. The Morgan fingerprint density at radius 3 is 2.53 bits per heavy atom. The van der Waals surface area contributed by atoms with Gasteiger partial charge in [0.15, 0.2) is 0 Å². The number of carbonyl (C=O) groups excluding carboxylic acids is 1. The molecule has 2 rings (SSSR count). The lowest BCUT2D eigenvalue weighted by Crippen LogP contribution is -2.28. The molecule has 0 atom stereocenters. The number of ether oxygens (including phenoxy) is 2. The van der Waals surface area contributed by atoms with Gasteiger partial charge in [-0.2, -0.15) is 0 Å². The summed E-state index contributed by atoms with van der Waals surface area (Å²) in [5.41, 5.74) is 0. The van der Waals surface area contributed by atoms with Crippen LogP contribution in [0.5, 0.6) is 5.75 Å². The van der Waals surface area contributed by atoms with Crippen molar-refractivity contribution in [3.63, 3.8) is 0 Å². The Balaban J connectivity index is 1.90. The minimum absolute atomic E-state index is 0.0240. The minimum atomic E-state index is -0.326. The highest BCUT2D eigenvalue weighted by molar-refractivity contribution is 9.10. The Bertz CT molecular complexity index is 436. The summed E-state index contributed by atoms with van der Waals surface area (Å²) in [6.45, 7) is 0. The van der Waals surface area contributed by atoms with Crippen LogP contribution >= 0.6 is 15.9 Å². The van der Waals surface area contributed by atoms with E-state index in [0.29, 0.717) is 10.2 Å². The highest BCUT2D eigenvalue weighted by atomic mass is 79.9. The van der Waals surface area contributed by atoms with Crippen molar-refractivity contribution >= 4 is 21.9 Å². The normalized spacial score (nSPS) is 22.9. The van der Waals surface area contributed by atoms with Gasteiger partial charge in [-0.1, -0.05) is 15.9 Å². The Morgan fingerprint density at radius 1 is 1.26 bits per heavy atom. The van der Waals surface area contributed by atoms with Crippen molar-refractivity contribution in [1.82, 2.24) is 0 Å². The molecule has 0 aliphatic heterocycles. The van der Waals surface area contributed by atoms with Crippen molar-refractivity contribution in [3.05, 3.63) is 28.5 Å². The second-order valence-corrected chi connectivity index (χ2v) is 5.64. The first-order valence-electron chi connectivity index (χ1n) is 6.29. The SMILES string of the molecule is COC(=O)C1CCC(Oc2cc(F)cc(Br)c2)CC1. The first-order chi connectivity index (χ1) is 9.08. The van der Waals surface area contributed by atoms with Crippen LogP contribution in [-0.2, 0) is 9.53 Å². The third kappa shape index (κ3) is 3.93. The van der Waals surface area contributed by atoms with Crippen molar-refractivity contribution in [2.24, 2.45) is 5.92 Å². The van der Waals surface area contributed by atoms with E-state index < -0.39 is 0 Å². The van der Waals surface area contributed by atoms with E-state index in [1.165, 1.54) is 19.2 Å². The Morgan fingerprint density at radius 2 is 1.95 bits per heavy atom. The van der Waals surface area contributed by atoms with Crippen LogP contribution in [0.4, 0.5) is 4.39 Å². The number of benzene rings is 1. The molecule has 0 amide bonds. The Labute approximate surface area is 120 Å². The lowest BCUT2D eigenvalue weighted by atomic mass is 9.87. The number of hydrogen-bond donors (Lipinski definition) is 0. The molecule has 1 aromatic carbocycles. The van der Waals surface area contributed by atoms with E-state index in [9.17, 15) is 9.18 Å². The molecule has 3 nitrogen and oxygen atoms in total. The van der Waals surface area contributed by atoms with Crippen LogP contribution in [0.15, 0.2) is 22.7 Å². The quantitative estimate of drug-likeness (QED) is 0.793. The summed E-state index contributed by atoms with van der Waals surface area (Å²) in [4.78, 5) is 11.4. The van der Waals surface area contributed by atoms with Crippen LogP contribution in [0.25, 0.3) is 0 Å². The predicted octanol–water partition coefficient (Wildman–Crippen LogP) is 3.70. The van der Waals surface area contributed by atoms with Gasteiger partial charge in [-0.3, -0.25) is 4.79 Å². The number of carbonyl (C=O) groups is 1. The molecule has 104 valence electrons. The average Bonchev–Trinajstić information content (AvgIpc) is 2.37. The van der Waals surface area contributed by atoms with E-state index in [1.54, 1.807) is 6.07 Å². The third-order valence-corrected chi connectivity index (χ3v) is 3.81. The van der Waals surface area contributed by atoms with Crippen LogP contribution in [0, 0.1) is 11.7 Å². The molecule has 0 radical (unpaired) electrons. The van der Waals surface area contributed by atoms with E-state index in [1.807, 2.05) is 0 Å². The number of halogens is 2. The molecule has 0 spiro atoms. The molecule has 0 N–H and O–H groups in total. The smallest absolute Gasteiger partial charge is 0.308 e. The molecule has 0 aromatic heterocycles. The summed E-state index contributed by atoms with van der Waals surface area (Å²) in [6.07, 6.45) is 3.12. The summed E-state index contributed by atoms with van der Waals surface area (Å²) >= 11 is 3.23. The summed E-state index contributed by atoms with van der Waals surface area (Å²) in [5, 5.41) is 0. The van der Waals surface area contributed by atoms with Crippen LogP contribution in [0.2, 0.25) is 0 Å². The summed E-state index contributed by atoms with van der Waals surface area (Å²) in [5.74, 6) is 0.0251. The summed E-state index contributed by atoms with van der Waals surface area (Å²) in [7, 11) is 1.41. The van der Waals surface area contributed by atoms with Crippen molar-refractivity contribution < 1.29 is 18.7 Å². The molecule has 0 unspecified atom stereocenters. The average molecular weight is 331 g/mol. The topological polar surface area (TPSA) is 35.5 Å². The molecule has 0 heterocycles. The van der Waals surface area contributed by atoms with E-state index in [-0.39, 0.29) is 23.8 Å². The van der Waals surface area contributed by atoms with Crippen LogP contribution in [-0.4, -0.2) is 19.2 Å². The molecular weight excluding hydrogens is 315 g/mol. The zero-order chi connectivity index (χ0) is 13.8. The van der Waals surface area contributed by atoms with Crippen molar-refractivity contribution in [2.45, 2.75) is 31.8 Å². The van der Waals surface area contributed by atoms with Gasteiger partial charge in [0.2, 0.25) is 0 Å². The van der Waals surface area contributed by atoms with Crippen molar-refractivity contribution in [3.8, 4) is 5.75 Å². The third-order valence-electron chi connectivity index (χ3n) is 3.35. The van der Waals surface area contributed by atoms with E-state index in [4.69, 9.17) is 9.47 Å². The molecule has 1 aromatic rings. The van der Waals surface area contributed by atoms with Gasteiger partial charge in [-0.05, 0) is 37.8 Å². The van der Waals surface area contributed by atoms with Gasteiger partial charge < -0.3 is 9.47 Å². The fourth-order valence-corrected chi connectivity index (χ4v) is 2.82. The summed E-state index contributed by atoms with van der Waals surface area (Å²) < 4.78 is 24.4. The second kappa shape index (κ2) is 6.37. The van der Waals surface area contributed by atoms with Crippen LogP contribution in [0.1, 0.15) is 25.7 Å². The van der Waals surface area contributed by atoms with Gasteiger partial charge in [0.05, 0.1) is 19.1 Å².